The summed E-state index contributed by atoms with van der Waals surface area (Å²) in [6.45, 7) is 2.01. The number of alkyl halides is 1. The smallest absolute Gasteiger partial charge is 0.130 e. The van der Waals surface area contributed by atoms with E-state index in [1.165, 1.54) is 0 Å². The molecule has 16 heavy (non-hydrogen) atoms. The normalized spacial score (nSPS) is 10.1. The van der Waals surface area contributed by atoms with Gasteiger partial charge in [-0.15, -0.1) is 11.6 Å². The molecule has 1 heterocycles. The molecule has 1 aromatic heterocycles. The molecule has 0 aliphatic heterocycles. The number of hydrogen-bond donors (Lipinski definition) is 0. The van der Waals surface area contributed by atoms with Crippen LogP contribution in [0.25, 0.3) is 0 Å². The topological polar surface area (TPSA) is 22.1 Å². The fourth-order valence-corrected chi connectivity index (χ4v) is 1.54. The first-order valence-corrected chi connectivity index (χ1v) is 5.57. The molecular weight excluding hydrogens is 222 g/mol. The Morgan fingerprint density at radius 2 is 2.06 bits per heavy atom. The Bertz CT molecular complexity index is 485. The Morgan fingerprint density at radius 1 is 1.25 bits per heavy atom. The summed E-state index contributed by atoms with van der Waals surface area (Å²) in [7, 11) is 0. The molecular formula is C13H12ClNO. The number of rotatable bonds is 3. The number of pyridine rings is 1. The molecule has 2 aromatic rings. The van der Waals surface area contributed by atoms with Gasteiger partial charge in [0.15, 0.2) is 0 Å². The molecule has 2 rings (SSSR count). The van der Waals surface area contributed by atoms with E-state index in [0.29, 0.717) is 5.88 Å². The lowest BCUT2D eigenvalue weighted by molar-refractivity contribution is 0.477. The van der Waals surface area contributed by atoms with Crippen molar-refractivity contribution in [3.8, 4) is 11.5 Å². The zero-order chi connectivity index (χ0) is 11.4. The average Bonchev–Trinajstić information content (AvgIpc) is 2.32. The zero-order valence-electron chi connectivity index (χ0n) is 8.98. The average molecular weight is 234 g/mol. The van der Waals surface area contributed by atoms with Gasteiger partial charge in [0, 0.05) is 12.3 Å². The monoisotopic (exact) mass is 233 g/mol. The summed E-state index contributed by atoms with van der Waals surface area (Å²) in [5.41, 5.74) is 1.92. The molecule has 1 aromatic carbocycles. The third kappa shape index (κ3) is 2.52. The molecule has 0 radical (unpaired) electrons. The second-order valence-corrected chi connectivity index (χ2v) is 3.75. The van der Waals surface area contributed by atoms with Crippen LogP contribution in [0, 0.1) is 6.92 Å². The molecule has 0 saturated heterocycles. The highest BCUT2D eigenvalue weighted by Crippen LogP contribution is 2.24. The van der Waals surface area contributed by atoms with Gasteiger partial charge in [-0.2, -0.15) is 0 Å². The van der Waals surface area contributed by atoms with Crippen molar-refractivity contribution in [3.63, 3.8) is 0 Å². The Kier molecular flexibility index (Phi) is 3.42. The molecule has 0 aliphatic rings. The van der Waals surface area contributed by atoms with Crippen LogP contribution in [0.4, 0.5) is 0 Å². The standard InChI is InChI=1S/C13H12ClNO/c1-10-4-2-3-5-13(10)16-12-6-7-15-11(8-12)9-14/h2-8H,9H2,1H3. The largest absolute Gasteiger partial charge is 0.457 e. The van der Waals surface area contributed by atoms with Crippen LogP contribution in [0.1, 0.15) is 11.3 Å². The fraction of sp³-hybridized carbons (Fsp3) is 0.154. The van der Waals surface area contributed by atoms with Crippen molar-refractivity contribution in [3.05, 3.63) is 53.9 Å². The molecule has 0 N–H and O–H groups in total. The van der Waals surface area contributed by atoms with Gasteiger partial charge in [0.2, 0.25) is 0 Å². The van der Waals surface area contributed by atoms with Gasteiger partial charge in [0.05, 0.1) is 11.6 Å². The van der Waals surface area contributed by atoms with Crippen LogP contribution in [0.15, 0.2) is 42.6 Å². The number of hydrogen-bond acceptors (Lipinski definition) is 2. The summed E-state index contributed by atoms with van der Waals surface area (Å²) in [6, 6.07) is 11.6. The van der Waals surface area contributed by atoms with Crippen LogP contribution in [-0.2, 0) is 5.88 Å². The molecule has 0 bridgehead atoms. The van der Waals surface area contributed by atoms with Gasteiger partial charge >= 0.3 is 0 Å². The predicted octanol–water partition coefficient (Wildman–Crippen LogP) is 3.92. The summed E-state index contributed by atoms with van der Waals surface area (Å²) in [6.07, 6.45) is 1.70. The van der Waals surface area contributed by atoms with Crippen LogP contribution in [0.3, 0.4) is 0 Å². The predicted molar refractivity (Wildman–Crippen MR) is 65.0 cm³/mol. The minimum atomic E-state index is 0.394. The van der Waals surface area contributed by atoms with E-state index >= 15 is 0 Å². The minimum Gasteiger partial charge on any atom is -0.457 e. The van der Waals surface area contributed by atoms with Crippen LogP contribution >= 0.6 is 11.6 Å². The maximum Gasteiger partial charge on any atom is 0.130 e. The zero-order valence-corrected chi connectivity index (χ0v) is 9.74. The Balaban J connectivity index is 2.24. The molecule has 0 amide bonds. The van der Waals surface area contributed by atoms with Gasteiger partial charge in [-0.25, -0.2) is 0 Å². The Labute approximate surface area is 99.9 Å². The van der Waals surface area contributed by atoms with E-state index in [2.05, 4.69) is 4.98 Å². The molecule has 0 saturated carbocycles. The number of aryl methyl sites for hydroxylation is 1. The number of aromatic nitrogens is 1. The maximum atomic E-state index is 5.75. The van der Waals surface area contributed by atoms with Gasteiger partial charge < -0.3 is 4.74 Å². The van der Waals surface area contributed by atoms with E-state index < -0.39 is 0 Å². The Hall–Kier alpha value is -1.54. The van der Waals surface area contributed by atoms with Gasteiger partial charge in [-0.1, -0.05) is 18.2 Å². The third-order valence-electron chi connectivity index (χ3n) is 2.25. The lowest BCUT2D eigenvalue weighted by atomic mass is 10.2. The van der Waals surface area contributed by atoms with E-state index in [-0.39, 0.29) is 0 Å². The van der Waals surface area contributed by atoms with Crippen molar-refractivity contribution >= 4 is 11.6 Å². The number of para-hydroxylation sites is 1. The first kappa shape index (κ1) is 11.0. The highest BCUT2D eigenvalue weighted by molar-refractivity contribution is 6.16. The summed E-state index contributed by atoms with van der Waals surface area (Å²) in [5, 5.41) is 0. The lowest BCUT2D eigenvalue weighted by Crippen LogP contribution is -1.90. The first-order valence-electron chi connectivity index (χ1n) is 5.04. The summed E-state index contributed by atoms with van der Waals surface area (Å²) in [5.74, 6) is 2.01. The van der Waals surface area contributed by atoms with Crippen molar-refractivity contribution in [1.29, 1.82) is 0 Å². The number of ether oxygens (including phenoxy) is 1. The molecule has 0 unspecified atom stereocenters. The number of nitrogens with zero attached hydrogens (tertiary/aromatic N) is 1. The fourth-order valence-electron chi connectivity index (χ4n) is 1.39. The van der Waals surface area contributed by atoms with Crippen molar-refractivity contribution in [1.82, 2.24) is 4.98 Å². The lowest BCUT2D eigenvalue weighted by Gasteiger charge is -2.08. The van der Waals surface area contributed by atoms with Gasteiger partial charge in [0.25, 0.3) is 0 Å². The van der Waals surface area contributed by atoms with Crippen LogP contribution in [0.2, 0.25) is 0 Å². The van der Waals surface area contributed by atoms with Crippen molar-refractivity contribution < 1.29 is 4.74 Å². The molecule has 2 nitrogen and oxygen atoms in total. The maximum absolute atomic E-state index is 5.75. The Morgan fingerprint density at radius 3 is 2.81 bits per heavy atom. The molecule has 0 aliphatic carbocycles. The minimum absolute atomic E-state index is 0.394. The second-order valence-electron chi connectivity index (χ2n) is 3.48. The van der Waals surface area contributed by atoms with Crippen molar-refractivity contribution in [2.24, 2.45) is 0 Å². The molecule has 0 fully saturated rings. The SMILES string of the molecule is Cc1ccccc1Oc1ccnc(CCl)c1. The van der Waals surface area contributed by atoms with Crippen molar-refractivity contribution in [2.75, 3.05) is 0 Å². The molecule has 0 atom stereocenters. The highest BCUT2D eigenvalue weighted by Gasteiger charge is 2.01. The van der Waals surface area contributed by atoms with Gasteiger partial charge in [-0.05, 0) is 24.6 Å². The van der Waals surface area contributed by atoms with Crippen molar-refractivity contribution in [2.45, 2.75) is 12.8 Å². The summed E-state index contributed by atoms with van der Waals surface area (Å²) < 4.78 is 5.75. The van der Waals surface area contributed by atoms with Gasteiger partial charge in [-0.3, -0.25) is 4.98 Å². The van der Waals surface area contributed by atoms with E-state index in [1.807, 2.05) is 43.3 Å². The van der Waals surface area contributed by atoms with E-state index in [1.54, 1.807) is 6.20 Å². The summed E-state index contributed by atoms with van der Waals surface area (Å²) >= 11 is 5.72. The molecule has 82 valence electrons. The van der Waals surface area contributed by atoms with E-state index in [0.717, 1.165) is 22.8 Å². The third-order valence-corrected chi connectivity index (χ3v) is 2.52. The summed E-state index contributed by atoms with van der Waals surface area (Å²) in [4.78, 5) is 4.11. The quantitative estimate of drug-likeness (QED) is 0.750. The second kappa shape index (κ2) is 4.99. The molecule has 0 spiro atoms. The first-order chi connectivity index (χ1) is 7.79. The van der Waals surface area contributed by atoms with Crippen LogP contribution < -0.4 is 4.74 Å². The number of benzene rings is 1. The van der Waals surface area contributed by atoms with Crippen LogP contribution in [-0.4, -0.2) is 4.98 Å². The highest BCUT2D eigenvalue weighted by atomic mass is 35.5. The van der Waals surface area contributed by atoms with E-state index in [9.17, 15) is 0 Å². The number of halogens is 1. The molecule has 3 heteroatoms. The van der Waals surface area contributed by atoms with Crippen LogP contribution in [0.5, 0.6) is 11.5 Å². The van der Waals surface area contributed by atoms with E-state index in [4.69, 9.17) is 16.3 Å². The van der Waals surface area contributed by atoms with Gasteiger partial charge in [0.1, 0.15) is 11.5 Å².